The quantitative estimate of drug-likeness (QED) is 0.641. The van der Waals surface area contributed by atoms with Gasteiger partial charge in [-0.2, -0.15) is 0 Å². The Labute approximate surface area is 171 Å². The second-order valence-electron chi connectivity index (χ2n) is 7.96. The van der Waals surface area contributed by atoms with Crippen molar-refractivity contribution in [2.24, 2.45) is 0 Å². The molecule has 1 aliphatic heterocycles. The molecule has 0 spiro atoms. The number of para-hydroxylation sites is 1. The molecule has 0 aromatic heterocycles. The van der Waals surface area contributed by atoms with Gasteiger partial charge in [0.25, 0.3) is 0 Å². The van der Waals surface area contributed by atoms with Crippen LogP contribution < -0.4 is 15.4 Å². The lowest BCUT2D eigenvalue weighted by Crippen LogP contribution is -2.37. The molecule has 2 aromatic carbocycles. The topological polar surface area (TPSA) is 59.6 Å². The predicted octanol–water partition coefficient (Wildman–Crippen LogP) is 6.20. The van der Waals surface area contributed by atoms with E-state index in [9.17, 15) is 4.79 Å². The summed E-state index contributed by atoms with van der Waals surface area (Å²) in [5.74, 6) is 0.866. The fourth-order valence-corrected chi connectivity index (χ4v) is 4.57. The van der Waals surface area contributed by atoms with Crippen LogP contribution in [0.3, 0.4) is 0 Å². The Kier molecular flexibility index (Phi) is 5.48. The molecule has 1 amide bonds. The highest BCUT2D eigenvalue weighted by Gasteiger charge is 2.33. The smallest absolute Gasteiger partial charge is 0.411 e. The van der Waals surface area contributed by atoms with E-state index in [-0.39, 0.29) is 5.54 Å². The number of hydrogen-bond acceptors (Lipinski definition) is 4. The highest BCUT2D eigenvalue weighted by molar-refractivity contribution is 6.35. The number of benzene rings is 2. The van der Waals surface area contributed by atoms with Crippen molar-refractivity contribution < 1.29 is 14.3 Å². The van der Waals surface area contributed by atoms with Crippen molar-refractivity contribution in [3.63, 3.8) is 0 Å². The molecule has 0 saturated heterocycles. The zero-order valence-electron chi connectivity index (χ0n) is 17.2. The van der Waals surface area contributed by atoms with Crippen molar-refractivity contribution in [1.82, 2.24) is 0 Å². The van der Waals surface area contributed by atoms with Crippen LogP contribution in [0.5, 0.6) is 5.75 Å². The third kappa shape index (κ3) is 3.63. The number of nitrogens with one attached hydrogen (secondary N) is 2. The molecule has 2 N–H and O–H groups in total. The summed E-state index contributed by atoms with van der Waals surface area (Å²) < 4.78 is 10.3. The maximum Gasteiger partial charge on any atom is 0.411 e. The normalized spacial score (nSPS) is 17.3. The van der Waals surface area contributed by atoms with E-state index in [2.05, 4.69) is 44.4 Å². The number of carbonyl (C=O) groups excluding carboxylic acids is 1. The molecule has 2 aromatic rings. The van der Waals surface area contributed by atoms with Gasteiger partial charge in [0.1, 0.15) is 5.75 Å². The molecular formula is C22H27ClN2O3. The summed E-state index contributed by atoms with van der Waals surface area (Å²) in [4.78, 5) is 11.7. The molecule has 1 unspecified atom stereocenters. The summed E-state index contributed by atoms with van der Waals surface area (Å²) in [5.41, 5.74) is 5.63. The first-order valence-electron chi connectivity index (χ1n) is 9.32. The van der Waals surface area contributed by atoms with E-state index in [0.717, 1.165) is 34.4 Å². The lowest BCUT2D eigenvalue weighted by Gasteiger charge is -2.39. The zero-order valence-corrected chi connectivity index (χ0v) is 18.0. The second-order valence-corrected chi connectivity index (χ2v) is 8.34. The van der Waals surface area contributed by atoms with Gasteiger partial charge in [-0.3, -0.25) is 5.32 Å². The Hall–Kier alpha value is -2.40. The molecule has 150 valence electrons. The number of ether oxygens (including phenoxy) is 2. The number of methoxy groups -OCH3 is 2. The van der Waals surface area contributed by atoms with Gasteiger partial charge in [0.15, 0.2) is 0 Å². The Morgan fingerprint density at radius 3 is 2.64 bits per heavy atom. The third-order valence-corrected chi connectivity index (χ3v) is 5.61. The lowest BCUT2D eigenvalue weighted by atomic mass is 9.79. The monoisotopic (exact) mass is 402 g/mol. The molecule has 1 atom stereocenters. The molecule has 28 heavy (non-hydrogen) atoms. The van der Waals surface area contributed by atoms with Gasteiger partial charge in [-0.05, 0) is 56.4 Å². The van der Waals surface area contributed by atoms with E-state index in [4.69, 9.17) is 21.1 Å². The number of hydrogen-bond donors (Lipinski definition) is 2. The molecule has 5 nitrogen and oxygen atoms in total. The minimum absolute atomic E-state index is 0.0179. The van der Waals surface area contributed by atoms with Crippen molar-refractivity contribution in [1.29, 1.82) is 0 Å². The van der Waals surface area contributed by atoms with Crippen molar-refractivity contribution in [2.75, 3.05) is 24.9 Å². The molecule has 0 fully saturated rings. The van der Waals surface area contributed by atoms with Crippen molar-refractivity contribution in [2.45, 2.75) is 45.6 Å². The van der Waals surface area contributed by atoms with Gasteiger partial charge >= 0.3 is 6.09 Å². The summed E-state index contributed by atoms with van der Waals surface area (Å²) in [6, 6.07) is 7.64. The fraction of sp³-hybridized carbons (Fsp3) is 0.409. The van der Waals surface area contributed by atoms with Gasteiger partial charge in [-0.25, -0.2) is 4.79 Å². The van der Waals surface area contributed by atoms with Crippen LogP contribution in [0.2, 0.25) is 5.02 Å². The molecule has 1 aliphatic rings. The van der Waals surface area contributed by atoms with Gasteiger partial charge < -0.3 is 14.8 Å². The Balaban J connectivity index is 2.18. The van der Waals surface area contributed by atoms with E-state index in [1.807, 2.05) is 12.1 Å². The van der Waals surface area contributed by atoms with Gasteiger partial charge in [0.05, 0.1) is 24.9 Å². The molecule has 0 aliphatic carbocycles. The third-order valence-electron chi connectivity index (χ3n) is 5.20. The van der Waals surface area contributed by atoms with Crippen molar-refractivity contribution >= 4 is 29.1 Å². The average molecular weight is 403 g/mol. The summed E-state index contributed by atoms with van der Waals surface area (Å²) >= 11 is 6.93. The first kappa shape index (κ1) is 20.3. The highest BCUT2D eigenvalue weighted by atomic mass is 35.5. The molecule has 6 heteroatoms. The second kappa shape index (κ2) is 7.55. The molecule has 3 rings (SSSR count). The van der Waals surface area contributed by atoms with Gasteiger partial charge in [0, 0.05) is 22.4 Å². The minimum atomic E-state index is -0.553. The number of rotatable bonds is 3. The zero-order chi connectivity index (χ0) is 20.6. The Morgan fingerprint density at radius 1 is 1.29 bits per heavy atom. The van der Waals surface area contributed by atoms with E-state index < -0.39 is 6.09 Å². The first-order valence-corrected chi connectivity index (χ1v) is 9.70. The number of anilines is 2. The minimum Gasteiger partial charge on any atom is -0.494 e. The van der Waals surface area contributed by atoms with Crippen molar-refractivity contribution in [3.05, 3.63) is 40.4 Å². The maximum absolute atomic E-state index is 11.7. The first-order chi connectivity index (χ1) is 13.2. The van der Waals surface area contributed by atoms with Crippen LogP contribution in [0.4, 0.5) is 16.2 Å². The number of aryl methyl sites for hydroxylation is 1. The molecule has 0 saturated carbocycles. The number of carbonyl (C=O) groups is 1. The fourth-order valence-electron chi connectivity index (χ4n) is 4.13. The summed E-state index contributed by atoms with van der Waals surface area (Å²) in [6.07, 6.45) is 0.437. The summed E-state index contributed by atoms with van der Waals surface area (Å²) in [7, 11) is 2.90. The van der Waals surface area contributed by atoms with Gasteiger partial charge in [-0.1, -0.05) is 30.7 Å². The molecule has 0 radical (unpaired) electrons. The van der Waals surface area contributed by atoms with Crippen LogP contribution >= 0.6 is 11.6 Å². The highest BCUT2D eigenvalue weighted by Crippen LogP contribution is 2.49. The van der Waals surface area contributed by atoms with Crippen LogP contribution in [-0.4, -0.2) is 25.9 Å². The van der Waals surface area contributed by atoms with Crippen LogP contribution in [-0.2, 0) is 4.74 Å². The maximum atomic E-state index is 11.7. The predicted molar refractivity (Wildman–Crippen MR) is 115 cm³/mol. The summed E-state index contributed by atoms with van der Waals surface area (Å²) in [5, 5.41) is 7.05. The number of fused-ring (bicyclic) bond motifs is 1. The van der Waals surface area contributed by atoms with Crippen molar-refractivity contribution in [3.8, 4) is 16.9 Å². The van der Waals surface area contributed by atoms with Crippen LogP contribution in [0.15, 0.2) is 24.3 Å². The largest absolute Gasteiger partial charge is 0.494 e. The standard InChI is InChI=1S/C22H27ClN2O3/c1-12-10-15(18(23)17-13(2)11-22(3,4)25-19(12)17)14-8-7-9-16(20(14)27-5)24-21(26)28-6/h7-10,13,25H,11H2,1-6H3,(H,24,26). The average Bonchev–Trinajstić information content (AvgIpc) is 2.63. The summed E-state index contributed by atoms with van der Waals surface area (Å²) in [6.45, 7) is 8.71. The van der Waals surface area contributed by atoms with E-state index in [1.54, 1.807) is 13.2 Å². The SMILES string of the molecule is COC(=O)Nc1cccc(-c2cc(C)c3c(c2Cl)C(C)CC(C)(C)N3)c1OC. The van der Waals surface area contributed by atoms with Gasteiger partial charge in [0.2, 0.25) is 0 Å². The van der Waals surface area contributed by atoms with Crippen LogP contribution in [0.25, 0.3) is 11.1 Å². The Morgan fingerprint density at radius 2 is 2.00 bits per heavy atom. The lowest BCUT2D eigenvalue weighted by molar-refractivity contribution is 0.187. The van der Waals surface area contributed by atoms with Crippen LogP contribution in [0, 0.1) is 6.92 Å². The number of halogens is 1. The molecule has 1 heterocycles. The van der Waals surface area contributed by atoms with E-state index in [1.165, 1.54) is 7.11 Å². The molecular weight excluding hydrogens is 376 g/mol. The number of amides is 1. The van der Waals surface area contributed by atoms with E-state index in [0.29, 0.717) is 22.4 Å². The van der Waals surface area contributed by atoms with Gasteiger partial charge in [-0.15, -0.1) is 0 Å². The molecule has 0 bridgehead atoms. The van der Waals surface area contributed by atoms with E-state index >= 15 is 0 Å². The van der Waals surface area contributed by atoms with Crippen LogP contribution in [0.1, 0.15) is 44.2 Å². The Bertz CT molecular complexity index is 924.